The van der Waals surface area contributed by atoms with Crippen molar-refractivity contribution in [3.8, 4) is 0 Å². The third kappa shape index (κ3) is 3.05. The van der Waals surface area contributed by atoms with Crippen molar-refractivity contribution in [1.29, 1.82) is 0 Å². The molecule has 3 N–H and O–H groups in total. The van der Waals surface area contributed by atoms with Crippen molar-refractivity contribution >= 4 is 22.6 Å². The maximum absolute atomic E-state index is 11.1. The smallest absolute Gasteiger partial charge is 0.354 e. The average Bonchev–Trinajstić information content (AvgIpc) is 2.44. The minimum atomic E-state index is -1.07. The topological polar surface area (TPSA) is 82.5 Å². The van der Waals surface area contributed by atoms with E-state index in [2.05, 4.69) is 10.3 Å². The number of nitrogens with one attached hydrogen (secondary N) is 1. The Labute approximate surface area is 117 Å². The molecule has 20 heavy (non-hydrogen) atoms. The van der Waals surface area contributed by atoms with Gasteiger partial charge in [-0.2, -0.15) is 0 Å². The van der Waals surface area contributed by atoms with Crippen molar-refractivity contribution in [2.45, 2.75) is 25.9 Å². The van der Waals surface area contributed by atoms with Gasteiger partial charge in [-0.3, -0.25) is 0 Å². The highest BCUT2D eigenvalue weighted by Crippen LogP contribution is 2.24. The molecule has 0 amide bonds. The number of hydrogen-bond donors (Lipinski definition) is 3. The highest BCUT2D eigenvalue weighted by atomic mass is 16.4. The molecule has 0 spiro atoms. The first kappa shape index (κ1) is 14.3. The molecule has 5 nitrogen and oxygen atoms in total. The first-order chi connectivity index (χ1) is 9.43. The average molecular weight is 274 g/mol. The lowest BCUT2D eigenvalue weighted by Crippen LogP contribution is -2.32. The predicted octanol–water partition coefficient (Wildman–Crippen LogP) is 2.51. The molecule has 5 heteroatoms. The van der Waals surface area contributed by atoms with E-state index in [-0.39, 0.29) is 5.69 Å². The van der Waals surface area contributed by atoms with Gasteiger partial charge in [0.05, 0.1) is 11.1 Å². The zero-order valence-corrected chi connectivity index (χ0v) is 11.6. The van der Waals surface area contributed by atoms with Crippen molar-refractivity contribution in [1.82, 2.24) is 4.98 Å². The minimum absolute atomic E-state index is 0.0117. The summed E-state index contributed by atoms with van der Waals surface area (Å²) < 4.78 is 0. The molecule has 2 rings (SSSR count). The van der Waals surface area contributed by atoms with Gasteiger partial charge in [-0.25, -0.2) is 9.78 Å². The number of aromatic nitrogens is 1. The van der Waals surface area contributed by atoms with Crippen LogP contribution in [0.2, 0.25) is 0 Å². The quantitative estimate of drug-likeness (QED) is 0.780. The number of nitrogens with zero attached hydrogens (tertiary/aromatic N) is 1. The monoisotopic (exact) mass is 274 g/mol. The Morgan fingerprint density at radius 2 is 2.10 bits per heavy atom. The number of benzene rings is 1. The zero-order chi connectivity index (χ0) is 14.8. The molecule has 0 aliphatic heterocycles. The van der Waals surface area contributed by atoms with Gasteiger partial charge < -0.3 is 15.5 Å². The summed E-state index contributed by atoms with van der Waals surface area (Å²) in [6, 6.07) is 8.82. The van der Waals surface area contributed by atoms with Gasteiger partial charge in [0.2, 0.25) is 0 Å². The normalized spacial score (nSPS) is 13.9. The number of hydrogen-bond acceptors (Lipinski definition) is 4. The third-order valence-corrected chi connectivity index (χ3v) is 3.36. The van der Waals surface area contributed by atoms with E-state index in [1.807, 2.05) is 25.1 Å². The number of aliphatic hydroxyl groups is 1. The van der Waals surface area contributed by atoms with Crippen LogP contribution in [0, 0.1) is 0 Å². The van der Waals surface area contributed by atoms with E-state index in [1.54, 1.807) is 13.0 Å². The predicted molar refractivity (Wildman–Crippen MR) is 78.1 cm³/mol. The van der Waals surface area contributed by atoms with Crippen LogP contribution < -0.4 is 5.32 Å². The van der Waals surface area contributed by atoms with Gasteiger partial charge in [0, 0.05) is 17.6 Å². The molecule has 1 unspecified atom stereocenters. The molecule has 0 aliphatic rings. The number of anilines is 1. The van der Waals surface area contributed by atoms with Crippen LogP contribution in [-0.2, 0) is 0 Å². The largest absolute Gasteiger partial charge is 0.477 e. The SMILES string of the molecule is CCC(C)(O)CNc1cc(C(=O)O)nc2ccccc12. The number of rotatable bonds is 5. The number of pyridine rings is 1. The third-order valence-electron chi connectivity index (χ3n) is 3.36. The van der Waals surface area contributed by atoms with E-state index < -0.39 is 11.6 Å². The van der Waals surface area contributed by atoms with Crippen LogP contribution >= 0.6 is 0 Å². The molecule has 1 aromatic carbocycles. The van der Waals surface area contributed by atoms with E-state index >= 15 is 0 Å². The Kier molecular flexibility index (Phi) is 3.90. The van der Waals surface area contributed by atoms with Crippen molar-refractivity contribution in [2.75, 3.05) is 11.9 Å². The van der Waals surface area contributed by atoms with Crippen molar-refractivity contribution in [2.24, 2.45) is 0 Å². The Balaban J connectivity index is 2.42. The molecule has 1 aromatic heterocycles. The molecule has 0 bridgehead atoms. The summed E-state index contributed by atoms with van der Waals surface area (Å²) in [7, 11) is 0. The number of fused-ring (bicyclic) bond motifs is 1. The lowest BCUT2D eigenvalue weighted by atomic mass is 10.0. The summed E-state index contributed by atoms with van der Waals surface area (Å²) in [6.45, 7) is 3.98. The van der Waals surface area contributed by atoms with Crippen LogP contribution in [-0.4, -0.2) is 33.3 Å². The Morgan fingerprint density at radius 1 is 1.40 bits per heavy atom. The van der Waals surface area contributed by atoms with Gasteiger partial charge in [0.1, 0.15) is 0 Å². The molecule has 0 aliphatic carbocycles. The van der Waals surface area contributed by atoms with Crippen molar-refractivity contribution in [3.63, 3.8) is 0 Å². The summed E-state index contributed by atoms with van der Waals surface area (Å²) in [6.07, 6.45) is 0.606. The zero-order valence-electron chi connectivity index (χ0n) is 11.6. The van der Waals surface area contributed by atoms with Crippen LogP contribution in [0.4, 0.5) is 5.69 Å². The van der Waals surface area contributed by atoms with Gasteiger partial charge in [-0.1, -0.05) is 25.1 Å². The van der Waals surface area contributed by atoms with Crippen molar-refractivity contribution in [3.05, 3.63) is 36.0 Å². The highest BCUT2D eigenvalue weighted by molar-refractivity contribution is 5.97. The summed E-state index contributed by atoms with van der Waals surface area (Å²) >= 11 is 0. The maximum atomic E-state index is 11.1. The number of carbonyl (C=O) groups is 1. The van der Waals surface area contributed by atoms with E-state index in [0.717, 1.165) is 5.39 Å². The lowest BCUT2D eigenvalue weighted by molar-refractivity contribution is 0.0689. The summed E-state index contributed by atoms with van der Waals surface area (Å²) in [4.78, 5) is 15.2. The maximum Gasteiger partial charge on any atom is 0.354 e. The van der Waals surface area contributed by atoms with E-state index in [9.17, 15) is 9.90 Å². The molecular formula is C15H18N2O3. The van der Waals surface area contributed by atoms with Crippen LogP contribution in [0.1, 0.15) is 30.8 Å². The van der Waals surface area contributed by atoms with Gasteiger partial charge in [-0.05, 0) is 25.5 Å². The van der Waals surface area contributed by atoms with Crippen LogP contribution in [0.15, 0.2) is 30.3 Å². The second-order valence-corrected chi connectivity index (χ2v) is 5.08. The lowest BCUT2D eigenvalue weighted by Gasteiger charge is -2.23. The van der Waals surface area contributed by atoms with Gasteiger partial charge in [0.25, 0.3) is 0 Å². The summed E-state index contributed by atoms with van der Waals surface area (Å²) in [5.74, 6) is -1.07. The highest BCUT2D eigenvalue weighted by Gasteiger charge is 2.18. The minimum Gasteiger partial charge on any atom is -0.477 e. The molecular weight excluding hydrogens is 256 g/mol. The molecule has 1 atom stereocenters. The Hall–Kier alpha value is -2.14. The molecule has 1 heterocycles. The first-order valence-electron chi connectivity index (χ1n) is 6.52. The molecule has 106 valence electrons. The van der Waals surface area contributed by atoms with Crippen LogP contribution in [0.5, 0.6) is 0 Å². The molecule has 2 aromatic rings. The Morgan fingerprint density at radius 3 is 2.75 bits per heavy atom. The van der Waals surface area contributed by atoms with Crippen LogP contribution in [0.25, 0.3) is 10.9 Å². The molecule has 0 radical (unpaired) electrons. The second-order valence-electron chi connectivity index (χ2n) is 5.08. The number of carboxylic acid groups (broad SMARTS) is 1. The fourth-order valence-corrected chi connectivity index (χ4v) is 1.84. The van der Waals surface area contributed by atoms with Gasteiger partial charge in [0.15, 0.2) is 5.69 Å². The molecule has 0 saturated carbocycles. The Bertz CT molecular complexity index is 638. The van der Waals surface area contributed by atoms with Gasteiger partial charge in [-0.15, -0.1) is 0 Å². The fourth-order valence-electron chi connectivity index (χ4n) is 1.84. The summed E-state index contributed by atoms with van der Waals surface area (Å²) in [5, 5.41) is 23.1. The van der Waals surface area contributed by atoms with E-state index in [0.29, 0.717) is 24.2 Å². The van der Waals surface area contributed by atoms with Crippen LogP contribution in [0.3, 0.4) is 0 Å². The van der Waals surface area contributed by atoms with E-state index in [1.165, 1.54) is 6.07 Å². The van der Waals surface area contributed by atoms with Gasteiger partial charge >= 0.3 is 5.97 Å². The number of para-hydroxylation sites is 1. The number of aromatic carboxylic acids is 1. The molecule has 0 saturated heterocycles. The standard InChI is InChI=1S/C15H18N2O3/c1-3-15(2,20)9-16-12-8-13(14(18)19)17-11-7-5-4-6-10(11)12/h4-8,20H,3,9H2,1-2H3,(H,16,17)(H,18,19). The first-order valence-corrected chi connectivity index (χ1v) is 6.52. The summed E-state index contributed by atoms with van der Waals surface area (Å²) in [5.41, 5.74) is 0.434. The van der Waals surface area contributed by atoms with E-state index in [4.69, 9.17) is 5.11 Å². The fraction of sp³-hybridized carbons (Fsp3) is 0.333. The molecule has 0 fully saturated rings. The van der Waals surface area contributed by atoms with Crippen molar-refractivity contribution < 1.29 is 15.0 Å². The number of carboxylic acids is 1. The second kappa shape index (κ2) is 5.46.